The topological polar surface area (TPSA) is 119 Å². The zero-order valence-corrected chi connectivity index (χ0v) is 21.8. The van der Waals surface area contributed by atoms with E-state index in [1.165, 1.54) is 30.3 Å². The lowest BCUT2D eigenvalue weighted by Crippen LogP contribution is -2.54. The van der Waals surface area contributed by atoms with Gasteiger partial charge >= 0.3 is 17.9 Å². The Bertz CT molecular complexity index is 1590. The normalized spacial score (nSPS) is 15.0. The third-order valence-electron chi connectivity index (χ3n) is 5.56. The van der Waals surface area contributed by atoms with E-state index in [1.54, 1.807) is 13.0 Å². The molecule has 14 heteroatoms. The molecule has 1 saturated heterocycles. The first-order valence-electron chi connectivity index (χ1n) is 10.8. The van der Waals surface area contributed by atoms with Crippen LogP contribution in [-0.4, -0.2) is 22.8 Å². The number of benzene rings is 3. The Labute approximate surface area is 231 Å². The zero-order chi connectivity index (χ0) is 28.6. The molecule has 3 aromatic rings. The van der Waals surface area contributed by atoms with Crippen LogP contribution in [0.1, 0.15) is 16.7 Å². The van der Waals surface area contributed by atoms with E-state index in [0.29, 0.717) is 22.2 Å². The Morgan fingerprint density at radius 2 is 1.77 bits per heavy atom. The number of rotatable bonds is 5. The van der Waals surface area contributed by atoms with Crippen LogP contribution in [0.3, 0.4) is 0 Å². The lowest BCUT2D eigenvalue weighted by molar-refractivity contribution is -0.385. The lowest BCUT2D eigenvalue weighted by Gasteiger charge is -2.27. The van der Waals surface area contributed by atoms with Gasteiger partial charge in [0.25, 0.3) is 11.8 Å². The molecule has 0 bridgehead atoms. The Kier molecular flexibility index (Phi) is 7.48. The Morgan fingerprint density at radius 1 is 1.08 bits per heavy atom. The number of carbonyl (C=O) groups is 3. The summed E-state index contributed by atoms with van der Waals surface area (Å²) >= 11 is 9.36. The summed E-state index contributed by atoms with van der Waals surface area (Å²) in [6.45, 7) is 1.58. The molecule has 0 unspecified atom stereocenters. The number of barbiturate groups is 1. The van der Waals surface area contributed by atoms with E-state index < -0.39 is 51.5 Å². The van der Waals surface area contributed by atoms with E-state index in [1.807, 2.05) is 0 Å². The predicted octanol–water partition coefficient (Wildman–Crippen LogP) is 6.80. The Hall–Kier alpha value is -4.23. The summed E-state index contributed by atoms with van der Waals surface area (Å²) in [6.07, 6.45) is -3.73. The minimum atomic E-state index is -4.82. The van der Waals surface area contributed by atoms with Gasteiger partial charge in [0.2, 0.25) is 5.75 Å². The second-order valence-electron chi connectivity index (χ2n) is 8.06. The number of nitrogens with one attached hydrogen (secondary N) is 1. The molecule has 0 spiro atoms. The highest BCUT2D eigenvalue weighted by atomic mass is 79.9. The molecule has 0 saturated carbocycles. The molecule has 0 aromatic heterocycles. The van der Waals surface area contributed by atoms with Crippen molar-refractivity contribution in [1.82, 2.24) is 5.32 Å². The smallest absolute Gasteiger partial charge is 0.416 e. The summed E-state index contributed by atoms with van der Waals surface area (Å²) in [7, 11) is 0. The van der Waals surface area contributed by atoms with Crippen LogP contribution in [-0.2, 0) is 15.8 Å². The number of carbonyl (C=O) groups excluding carboxylic acids is 3. The van der Waals surface area contributed by atoms with Crippen LogP contribution in [0.2, 0.25) is 5.02 Å². The highest BCUT2D eigenvalue weighted by molar-refractivity contribution is 9.10. The molecule has 0 aliphatic carbocycles. The molecule has 4 rings (SSSR count). The first-order valence-corrected chi connectivity index (χ1v) is 11.9. The molecular weight excluding hydrogens is 611 g/mol. The molecular formula is C25H14BrClF3N3O6. The van der Waals surface area contributed by atoms with Gasteiger partial charge in [-0.15, -0.1) is 0 Å². The third kappa shape index (κ3) is 5.64. The van der Waals surface area contributed by atoms with E-state index in [-0.39, 0.29) is 22.0 Å². The van der Waals surface area contributed by atoms with Crippen LogP contribution in [0.5, 0.6) is 11.5 Å². The van der Waals surface area contributed by atoms with E-state index in [9.17, 15) is 37.7 Å². The highest BCUT2D eigenvalue weighted by Gasteiger charge is 2.38. The van der Waals surface area contributed by atoms with E-state index in [4.69, 9.17) is 16.3 Å². The van der Waals surface area contributed by atoms with E-state index in [2.05, 4.69) is 21.2 Å². The maximum atomic E-state index is 13.3. The molecule has 1 fully saturated rings. The molecule has 3 aromatic carbocycles. The number of alkyl halides is 3. The van der Waals surface area contributed by atoms with Crippen molar-refractivity contribution in [1.29, 1.82) is 0 Å². The summed E-state index contributed by atoms with van der Waals surface area (Å²) in [5, 5.41) is 13.8. The number of hydrogen-bond acceptors (Lipinski definition) is 6. The van der Waals surface area contributed by atoms with Gasteiger partial charge in [-0.1, -0.05) is 33.6 Å². The predicted molar refractivity (Wildman–Crippen MR) is 138 cm³/mol. The van der Waals surface area contributed by atoms with E-state index in [0.717, 1.165) is 17.0 Å². The third-order valence-corrected chi connectivity index (χ3v) is 6.46. The van der Waals surface area contributed by atoms with Crippen LogP contribution in [0.15, 0.2) is 64.6 Å². The average Bonchev–Trinajstić information content (AvgIpc) is 2.85. The number of nitrogens with zero attached hydrogens (tertiary/aromatic N) is 2. The fourth-order valence-electron chi connectivity index (χ4n) is 3.64. The van der Waals surface area contributed by atoms with Crippen molar-refractivity contribution < 1.29 is 37.2 Å². The van der Waals surface area contributed by atoms with Crippen LogP contribution in [0, 0.1) is 17.0 Å². The van der Waals surface area contributed by atoms with Gasteiger partial charge < -0.3 is 4.74 Å². The van der Waals surface area contributed by atoms with Crippen molar-refractivity contribution in [2.24, 2.45) is 0 Å². The van der Waals surface area contributed by atoms with Crippen molar-refractivity contribution in [2.75, 3.05) is 4.90 Å². The van der Waals surface area contributed by atoms with Crippen molar-refractivity contribution in [3.63, 3.8) is 0 Å². The van der Waals surface area contributed by atoms with Crippen LogP contribution >= 0.6 is 27.5 Å². The van der Waals surface area contributed by atoms with Crippen molar-refractivity contribution in [3.05, 3.63) is 96.5 Å². The van der Waals surface area contributed by atoms with Gasteiger partial charge in [-0.05, 0) is 61.0 Å². The van der Waals surface area contributed by atoms with Crippen LogP contribution < -0.4 is 15.0 Å². The summed E-state index contributed by atoms with van der Waals surface area (Å²) < 4.78 is 45.3. The number of anilines is 1. The molecule has 1 heterocycles. The maximum Gasteiger partial charge on any atom is 0.416 e. The van der Waals surface area contributed by atoms with Crippen LogP contribution in [0.4, 0.5) is 29.3 Å². The molecule has 4 amide bonds. The molecule has 1 aliphatic rings. The zero-order valence-electron chi connectivity index (χ0n) is 19.5. The second kappa shape index (κ2) is 10.5. The minimum Gasteiger partial charge on any atom is -0.449 e. The highest BCUT2D eigenvalue weighted by Crippen LogP contribution is 2.39. The standard InChI is InChI=1S/C25H14BrClF3N3O6/c1-12-17(27)3-2-4-18(12)32-23(35)16(22(34)31-24(32)36)10-13-9-15(26)6-8-20(13)39-21-7-5-14(25(28,29)30)11-19(21)33(37)38/h2-11H,1H3,(H,31,34,36)/b16-10+. The minimum absolute atomic E-state index is 0.0502. The fourth-order valence-corrected chi connectivity index (χ4v) is 4.18. The van der Waals surface area contributed by atoms with Gasteiger partial charge in [0.15, 0.2) is 0 Å². The van der Waals surface area contributed by atoms with Gasteiger partial charge in [0.05, 0.1) is 16.2 Å². The summed E-state index contributed by atoms with van der Waals surface area (Å²) in [6, 6.07) is 9.49. The molecule has 0 radical (unpaired) electrons. The second-order valence-corrected chi connectivity index (χ2v) is 9.39. The SMILES string of the molecule is Cc1c(Cl)cccc1N1C(=O)NC(=O)/C(=C\c2cc(Br)ccc2Oc2ccc(C(F)(F)F)cc2[N+](=O)[O-])C1=O. The van der Waals surface area contributed by atoms with E-state index >= 15 is 0 Å². The molecule has 9 nitrogen and oxygen atoms in total. The van der Waals surface area contributed by atoms with Gasteiger partial charge in [0.1, 0.15) is 11.3 Å². The largest absolute Gasteiger partial charge is 0.449 e. The number of imide groups is 2. The fraction of sp³-hybridized carbons (Fsp3) is 0.0800. The number of urea groups is 1. The molecule has 0 atom stereocenters. The molecule has 200 valence electrons. The number of halogens is 5. The molecule has 1 N–H and O–H groups in total. The first kappa shape index (κ1) is 27.8. The van der Waals surface area contributed by atoms with Gasteiger partial charge in [-0.25, -0.2) is 9.69 Å². The maximum absolute atomic E-state index is 13.3. The summed E-state index contributed by atoms with van der Waals surface area (Å²) in [5.74, 6) is -2.65. The summed E-state index contributed by atoms with van der Waals surface area (Å²) in [4.78, 5) is 49.7. The van der Waals surface area contributed by atoms with Gasteiger partial charge in [-0.3, -0.25) is 25.0 Å². The van der Waals surface area contributed by atoms with Crippen molar-refractivity contribution in [2.45, 2.75) is 13.1 Å². The van der Waals surface area contributed by atoms with Crippen molar-refractivity contribution >= 4 is 62.8 Å². The lowest BCUT2D eigenvalue weighted by atomic mass is 10.0. The Balaban J connectivity index is 1.78. The number of nitro groups is 1. The van der Waals surface area contributed by atoms with Gasteiger partial charge in [0, 0.05) is 21.1 Å². The van der Waals surface area contributed by atoms with Gasteiger partial charge in [-0.2, -0.15) is 13.2 Å². The number of amides is 4. The summed E-state index contributed by atoms with van der Waals surface area (Å²) in [5.41, 5.74) is -2.10. The number of ether oxygens (including phenoxy) is 1. The first-order chi connectivity index (χ1) is 18.3. The monoisotopic (exact) mass is 623 g/mol. The quantitative estimate of drug-likeness (QED) is 0.144. The Morgan fingerprint density at radius 3 is 2.44 bits per heavy atom. The number of nitro benzene ring substituents is 1. The van der Waals surface area contributed by atoms with Crippen LogP contribution in [0.25, 0.3) is 6.08 Å². The molecule has 1 aliphatic heterocycles. The average molecular weight is 625 g/mol. The molecule has 39 heavy (non-hydrogen) atoms. The van der Waals surface area contributed by atoms with Crippen molar-refractivity contribution in [3.8, 4) is 11.5 Å². The number of hydrogen-bond donors (Lipinski definition) is 1.